The summed E-state index contributed by atoms with van der Waals surface area (Å²) in [5, 5.41) is 0. The van der Waals surface area contributed by atoms with Crippen LogP contribution in [-0.2, 0) is 0 Å². The van der Waals surface area contributed by atoms with E-state index >= 15 is 0 Å². The molecule has 1 aromatic heterocycles. The van der Waals surface area contributed by atoms with Crippen LogP contribution in [-0.4, -0.2) is 59.5 Å². The first-order valence-electron chi connectivity index (χ1n) is 9.31. The molecule has 1 aromatic rings. The van der Waals surface area contributed by atoms with Crippen molar-refractivity contribution < 1.29 is 4.79 Å². The third-order valence-electron chi connectivity index (χ3n) is 5.48. The summed E-state index contributed by atoms with van der Waals surface area (Å²) in [6, 6.07) is 2.30. The van der Waals surface area contributed by atoms with Crippen LogP contribution in [0, 0.1) is 12.8 Å². The summed E-state index contributed by atoms with van der Waals surface area (Å²) in [5.74, 6) is 0.860. The fourth-order valence-corrected chi connectivity index (χ4v) is 4.08. The van der Waals surface area contributed by atoms with Gasteiger partial charge in [-0.15, -0.1) is 24.8 Å². The molecule has 26 heavy (non-hydrogen) atoms. The number of nitrogens with zero attached hydrogens (tertiary/aromatic N) is 3. The molecule has 0 spiro atoms. The lowest BCUT2D eigenvalue weighted by atomic mass is 9.86. The maximum Gasteiger partial charge on any atom is 0.255 e. The van der Waals surface area contributed by atoms with Crippen molar-refractivity contribution in [2.45, 2.75) is 45.1 Å². The summed E-state index contributed by atoms with van der Waals surface area (Å²) >= 11 is 0. The van der Waals surface area contributed by atoms with Gasteiger partial charge in [-0.1, -0.05) is 6.42 Å². The predicted octanol–water partition coefficient (Wildman–Crippen LogP) is 2.90. The van der Waals surface area contributed by atoms with Crippen molar-refractivity contribution in [3.63, 3.8) is 0 Å². The maximum atomic E-state index is 12.8. The highest BCUT2D eigenvalue weighted by molar-refractivity contribution is 5.95. The number of hydrogen-bond donors (Lipinski definition) is 1. The molecule has 2 aliphatic rings. The Morgan fingerprint density at radius 2 is 2.00 bits per heavy atom. The van der Waals surface area contributed by atoms with Crippen LogP contribution in [0.25, 0.3) is 0 Å². The van der Waals surface area contributed by atoms with Gasteiger partial charge >= 0.3 is 0 Å². The number of aromatic nitrogens is 1. The molecule has 2 N–H and O–H groups in total. The van der Waals surface area contributed by atoms with Gasteiger partial charge in [-0.2, -0.15) is 0 Å². The predicted molar refractivity (Wildman–Crippen MR) is 110 cm³/mol. The van der Waals surface area contributed by atoms with Gasteiger partial charge in [0.1, 0.15) is 0 Å². The Morgan fingerprint density at radius 3 is 2.73 bits per heavy atom. The fraction of sp³-hybridized carbons (Fsp3) is 0.684. The van der Waals surface area contributed by atoms with E-state index in [1.54, 1.807) is 12.4 Å². The van der Waals surface area contributed by atoms with E-state index in [1.807, 2.05) is 17.9 Å². The zero-order valence-corrected chi connectivity index (χ0v) is 17.2. The number of aryl methyl sites for hydroxylation is 1. The van der Waals surface area contributed by atoms with Crippen LogP contribution in [0.1, 0.15) is 48.0 Å². The molecule has 0 unspecified atom stereocenters. The number of carbonyl (C=O) groups excluding carboxylic acids is 1. The number of rotatable bonds is 3. The first kappa shape index (κ1) is 23.2. The lowest BCUT2D eigenvalue weighted by Gasteiger charge is -2.31. The van der Waals surface area contributed by atoms with Crippen LogP contribution in [0.3, 0.4) is 0 Å². The quantitative estimate of drug-likeness (QED) is 0.843. The van der Waals surface area contributed by atoms with Gasteiger partial charge in [0.05, 0.1) is 5.56 Å². The Kier molecular flexibility index (Phi) is 9.86. The van der Waals surface area contributed by atoms with Crippen molar-refractivity contribution in [3.8, 4) is 0 Å². The zero-order chi connectivity index (χ0) is 16.9. The minimum atomic E-state index is 0. The molecule has 0 radical (unpaired) electrons. The molecule has 148 valence electrons. The molecule has 2 fully saturated rings. The van der Waals surface area contributed by atoms with Crippen LogP contribution >= 0.6 is 24.8 Å². The van der Waals surface area contributed by atoms with E-state index < -0.39 is 0 Å². The lowest BCUT2D eigenvalue weighted by Crippen LogP contribution is -2.39. The first-order chi connectivity index (χ1) is 11.6. The summed E-state index contributed by atoms with van der Waals surface area (Å²) in [7, 11) is 0. The van der Waals surface area contributed by atoms with Crippen molar-refractivity contribution in [2.75, 3.05) is 32.7 Å². The van der Waals surface area contributed by atoms with Gasteiger partial charge in [0.2, 0.25) is 0 Å². The third-order valence-corrected chi connectivity index (χ3v) is 5.48. The molecule has 7 heteroatoms. The van der Waals surface area contributed by atoms with E-state index in [-0.39, 0.29) is 30.7 Å². The van der Waals surface area contributed by atoms with E-state index in [1.165, 1.54) is 19.3 Å². The highest BCUT2D eigenvalue weighted by Gasteiger charge is 2.25. The monoisotopic (exact) mass is 402 g/mol. The van der Waals surface area contributed by atoms with Crippen molar-refractivity contribution in [3.05, 3.63) is 29.6 Å². The molecule has 2 atom stereocenters. The van der Waals surface area contributed by atoms with E-state index in [0.717, 1.165) is 62.6 Å². The lowest BCUT2D eigenvalue weighted by molar-refractivity contribution is 0.0758. The summed E-state index contributed by atoms with van der Waals surface area (Å²) < 4.78 is 0. The molecule has 1 aliphatic heterocycles. The van der Waals surface area contributed by atoms with Gasteiger partial charge in [0.25, 0.3) is 5.91 Å². The Bertz CT molecular complexity index is 572. The van der Waals surface area contributed by atoms with Crippen LogP contribution in [0.4, 0.5) is 0 Å². The van der Waals surface area contributed by atoms with Crippen molar-refractivity contribution in [1.29, 1.82) is 0 Å². The number of pyridine rings is 1. The molecular formula is C19H32Cl2N4O. The Hall–Kier alpha value is -0.880. The summed E-state index contributed by atoms with van der Waals surface area (Å²) in [6.45, 7) is 6.82. The highest BCUT2D eigenvalue weighted by Crippen LogP contribution is 2.24. The standard InChI is InChI=1S/C19H30N4O.2ClH/c1-15-6-7-21-13-18(15)19(24)23-9-3-8-22(10-11-23)14-16-4-2-5-17(20)12-16;;/h6-7,13,16-17H,2-5,8-12,14,20H2,1H3;2*1H/t16-,17+;;/m1../s1. The number of nitrogens with two attached hydrogens (primary N) is 1. The topological polar surface area (TPSA) is 62.5 Å². The Labute approximate surface area is 169 Å². The van der Waals surface area contributed by atoms with Gasteiger partial charge in [0.15, 0.2) is 0 Å². The van der Waals surface area contributed by atoms with E-state index in [4.69, 9.17) is 5.73 Å². The highest BCUT2D eigenvalue weighted by atomic mass is 35.5. The number of carbonyl (C=O) groups is 1. The fourth-order valence-electron chi connectivity index (χ4n) is 4.08. The summed E-state index contributed by atoms with van der Waals surface area (Å²) in [5.41, 5.74) is 7.87. The minimum Gasteiger partial charge on any atom is -0.337 e. The van der Waals surface area contributed by atoms with Crippen LogP contribution in [0.2, 0.25) is 0 Å². The number of amides is 1. The molecule has 0 bridgehead atoms. The average Bonchev–Trinajstić information content (AvgIpc) is 2.80. The van der Waals surface area contributed by atoms with Crippen LogP contribution in [0.5, 0.6) is 0 Å². The molecule has 1 amide bonds. The van der Waals surface area contributed by atoms with E-state index in [2.05, 4.69) is 9.88 Å². The molecule has 5 nitrogen and oxygen atoms in total. The SMILES string of the molecule is Cc1ccncc1C(=O)N1CCCN(C[C@@H]2CCC[C@H](N)C2)CC1.Cl.Cl. The molecule has 1 saturated heterocycles. The van der Waals surface area contributed by atoms with Crippen molar-refractivity contribution >= 4 is 30.7 Å². The zero-order valence-electron chi connectivity index (χ0n) is 15.6. The van der Waals surface area contributed by atoms with Gasteiger partial charge in [-0.3, -0.25) is 9.78 Å². The molecule has 2 heterocycles. The van der Waals surface area contributed by atoms with E-state index in [9.17, 15) is 4.79 Å². The second-order valence-electron chi connectivity index (χ2n) is 7.43. The molecule has 3 rings (SSSR count). The van der Waals surface area contributed by atoms with Crippen molar-refractivity contribution in [2.24, 2.45) is 11.7 Å². The number of hydrogen-bond acceptors (Lipinski definition) is 4. The van der Waals surface area contributed by atoms with Gasteiger partial charge in [0, 0.05) is 44.6 Å². The maximum absolute atomic E-state index is 12.8. The third kappa shape index (κ3) is 6.08. The van der Waals surface area contributed by atoms with Crippen LogP contribution < -0.4 is 5.73 Å². The average molecular weight is 403 g/mol. The van der Waals surface area contributed by atoms with Gasteiger partial charge in [-0.05, 0) is 56.7 Å². The van der Waals surface area contributed by atoms with Crippen molar-refractivity contribution in [1.82, 2.24) is 14.8 Å². The second kappa shape index (κ2) is 11.1. The van der Waals surface area contributed by atoms with E-state index in [0.29, 0.717) is 6.04 Å². The summed E-state index contributed by atoms with van der Waals surface area (Å²) in [6.07, 6.45) is 9.41. The normalized spacial score (nSPS) is 24.2. The molecule has 1 saturated carbocycles. The number of halogens is 2. The molecule has 0 aromatic carbocycles. The van der Waals surface area contributed by atoms with Gasteiger partial charge < -0.3 is 15.5 Å². The van der Waals surface area contributed by atoms with Gasteiger partial charge in [-0.25, -0.2) is 0 Å². The van der Waals surface area contributed by atoms with Crippen LogP contribution in [0.15, 0.2) is 18.5 Å². The second-order valence-corrected chi connectivity index (χ2v) is 7.43. The molecular weight excluding hydrogens is 371 g/mol. The Balaban J connectivity index is 0.00000169. The smallest absolute Gasteiger partial charge is 0.255 e. The Morgan fingerprint density at radius 1 is 1.19 bits per heavy atom. The summed E-state index contributed by atoms with van der Waals surface area (Å²) in [4.78, 5) is 21.4. The first-order valence-corrected chi connectivity index (χ1v) is 9.31. The minimum absolute atomic E-state index is 0. The molecule has 1 aliphatic carbocycles. The largest absolute Gasteiger partial charge is 0.337 e.